The van der Waals surface area contributed by atoms with Crippen molar-refractivity contribution in [3.05, 3.63) is 41.2 Å². The number of rotatable bonds is 3. The first-order valence-electron chi connectivity index (χ1n) is 7.31. The zero-order valence-electron chi connectivity index (χ0n) is 12.1. The van der Waals surface area contributed by atoms with Gasteiger partial charge in [0.1, 0.15) is 11.3 Å². The van der Waals surface area contributed by atoms with E-state index in [0.29, 0.717) is 41.5 Å². The number of nitrogens with zero attached hydrogens (tertiary/aromatic N) is 3. The molecule has 118 valence electrons. The maximum Gasteiger partial charge on any atom is 0.231 e. The van der Waals surface area contributed by atoms with Crippen LogP contribution in [0.4, 0.5) is 5.69 Å². The van der Waals surface area contributed by atoms with E-state index in [9.17, 15) is 4.79 Å². The summed E-state index contributed by atoms with van der Waals surface area (Å²) in [6, 6.07) is 5.58. The van der Waals surface area contributed by atoms with Crippen molar-refractivity contribution in [1.29, 1.82) is 0 Å². The Balaban J connectivity index is 1.70. The predicted molar refractivity (Wildman–Crippen MR) is 85.7 cm³/mol. The zero-order valence-corrected chi connectivity index (χ0v) is 12.9. The minimum atomic E-state index is -0.0392. The molecule has 0 bridgehead atoms. The Hall–Kier alpha value is -2.38. The molecule has 3 heterocycles. The van der Waals surface area contributed by atoms with Crippen molar-refractivity contribution >= 4 is 34.2 Å². The third-order valence-electron chi connectivity index (χ3n) is 4.00. The first-order valence-corrected chi connectivity index (χ1v) is 7.68. The third-order valence-corrected chi connectivity index (χ3v) is 4.30. The quantitative estimate of drug-likeness (QED) is 0.883. The monoisotopic (exact) mass is 331 g/mol. The van der Waals surface area contributed by atoms with Gasteiger partial charge >= 0.3 is 0 Å². The maximum absolute atomic E-state index is 12.3. The fourth-order valence-electron chi connectivity index (χ4n) is 2.61. The Bertz CT molecular complexity index is 824. The summed E-state index contributed by atoms with van der Waals surface area (Å²) < 4.78 is 4.81. The molecule has 8 heteroatoms. The molecule has 1 saturated heterocycles. The molecule has 0 spiro atoms. The van der Waals surface area contributed by atoms with Gasteiger partial charge < -0.3 is 15.5 Å². The van der Waals surface area contributed by atoms with Gasteiger partial charge in [0.25, 0.3) is 0 Å². The molecule has 2 N–H and O–H groups in total. The first kappa shape index (κ1) is 14.2. The van der Waals surface area contributed by atoms with Crippen LogP contribution in [-0.4, -0.2) is 35.9 Å². The van der Waals surface area contributed by atoms with Crippen LogP contribution in [0, 0.1) is 5.92 Å². The average Bonchev–Trinajstić information content (AvgIpc) is 2.96. The molecule has 1 aromatic heterocycles. The van der Waals surface area contributed by atoms with Crippen LogP contribution in [0.25, 0.3) is 11.0 Å². The summed E-state index contributed by atoms with van der Waals surface area (Å²) in [7, 11) is 0. The van der Waals surface area contributed by atoms with E-state index in [0.717, 1.165) is 5.69 Å². The zero-order chi connectivity index (χ0) is 15.8. The number of fused-ring (bicyclic) bond motifs is 1. The summed E-state index contributed by atoms with van der Waals surface area (Å²) in [4.78, 5) is 14.2. The van der Waals surface area contributed by atoms with Crippen molar-refractivity contribution in [2.45, 2.75) is 0 Å². The molecule has 1 amide bonds. The lowest BCUT2D eigenvalue weighted by Crippen LogP contribution is -2.52. The standard InChI is InChI=1S/C15H14ClN5O2/c16-10-3-2-6-21(14(10)18-15(22)9-7-17-8-9)12-5-1-4-11-13(12)20-23-19-11/h1-5,9,17H,6-8H2,(H,18,22). The van der Waals surface area contributed by atoms with Crippen LogP contribution in [-0.2, 0) is 4.79 Å². The second kappa shape index (κ2) is 5.68. The number of benzene rings is 1. The molecule has 0 saturated carbocycles. The van der Waals surface area contributed by atoms with Gasteiger partial charge in [-0.3, -0.25) is 4.79 Å². The molecule has 0 unspecified atom stereocenters. The molecule has 0 atom stereocenters. The maximum atomic E-state index is 12.3. The summed E-state index contributed by atoms with van der Waals surface area (Å²) in [5.41, 5.74) is 2.07. The van der Waals surface area contributed by atoms with Gasteiger partial charge in [-0.25, -0.2) is 4.63 Å². The van der Waals surface area contributed by atoms with Crippen molar-refractivity contribution < 1.29 is 9.42 Å². The van der Waals surface area contributed by atoms with Crippen LogP contribution in [0.2, 0.25) is 0 Å². The Labute approximate surface area is 136 Å². The summed E-state index contributed by atoms with van der Waals surface area (Å²) in [5.74, 6) is 0.494. The van der Waals surface area contributed by atoms with Crippen LogP contribution >= 0.6 is 11.6 Å². The average molecular weight is 332 g/mol. The molecular weight excluding hydrogens is 318 g/mol. The molecule has 2 aliphatic rings. The van der Waals surface area contributed by atoms with Crippen molar-refractivity contribution in [1.82, 2.24) is 20.9 Å². The number of carbonyl (C=O) groups is 1. The second-order valence-corrected chi connectivity index (χ2v) is 5.87. The summed E-state index contributed by atoms with van der Waals surface area (Å²) in [6.45, 7) is 1.95. The van der Waals surface area contributed by atoms with Crippen molar-refractivity contribution in [2.24, 2.45) is 5.92 Å². The molecule has 0 radical (unpaired) electrons. The molecule has 23 heavy (non-hydrogen) atoms. The van der Waals surface area contributed by atoms with Crippen molar-refractivity contribution in [2.75, 3.05) is 24.5 Å². The van der Waals surface area contributed by atoms with Gasteiger partial charge in [0.15, 0.2) is 5.52 Å². The smallest absolute Gasteiger partial charge is 0.231 e. The van der Waals surface area contributed by atoms with Crippen LogP contribution in [0.15, 0.2) is 45.8 Å². The van der Waals surface area contributed by atoms with E-state index in [1.165, 1.54) is 0 Å². The van der Waals surface area contributed by atoms with E-state index in [-0.39, 0.29) is 11.8 Å². The van der Waals surface area contributed by atoms with Crippen LogP contribution in [0.1, 0.15) is 0 Å². The number of anilines is 1. The van der Waals surface area contributed by atoms with Gasteiger partial charge in [-0.2, -0.15) is 0 Å². The van der Waals surface area contributed by atoms with Crippen LogP contribution < -0.4 is 15.5 Å². The SMILES string of the molecule is O=C(NC1=C(Cl)C=CCN1c1cccc2nonc12)C1CNC1. The summed E-state index contributed by atoms with van der Waals surface area (Å²) >= 11 is 6.32. The molecule has 1 aromatic carbocycles. The first-order chi connectivity index (χ1) is 11.2. The van der Waals surface area contributed by atoms with Gasteiger partial charge in [0.05, 0.1) is 16.6 Å². The fourth-order valence-corrected chi connectivity index (χ4v) is 2.85. The highest BCUT2D eigenvalue weighted by molar-refractivity contribution is 6.32. The van der Waals surface area contributed by atoms with Crippen molar-refractivity contribution in [3.8, 4) is 0 Å². The van der Waals surface area contributed by atoms with E-state index >= 15 is 0 Å². The Kier molecular flexibility index (Phi) is 3.51. The largest absolute Gasteiger partial charge is 0.321 e. The number of halogens is 1. The van der Waals surface area contributed by atoms with Crippen molar-refractivity contribution in [3.63, 3.8) is 0 Å². The Morgan fingerprint density at radius 2 is 2.26 bits per heavy atom. The lowest BCUT2D eigenvalue weighted by Gasteiger charge is -2.32. The molecule has 0 aliphatic carbocycles. The highest BCUT2D eigenvalue weighted by Crippen LogP contribution is 2.30. The van der Waals surface area contributed by atoms with Gasteiger partial charge in [0, 0.05) is 19.6 Å². The summed E-state index contributed by atoms with van der Waals surface area (Å²) in [6.07, 6.45) is 3.71. The van der Waals surface area contributed by atoms with Gasteiger partial charge in [-0.15, -0.1) is 0 Å². The number of hydrogen-bond donors (Lipinski definition) is 2. The molecular formula is C15H14ClN5O2. The lowest BCUT2D eigenvalue weighted by molar-refractivity contribution is -0.125. The Morgan fingerprint density at radius 3 is 3.04 bits per heavy atom. The number of aromatic nitrogens is 2. The highest BCUT2D eigenvalue weighted by atomic mass is 35.5. The normalized spacial score (nSPS) is 18.4. The third kappa shape index (κ3) is 2.47. The molecule has 2 aromatic rings. The van der Waals surface area contributed by atoms with Gasteiger partial charge in [-0.1, -0.05) is 23.7 Å². The van der Waals surface area contributed by atoms with Crippen LogP contribution in [0.5, 0.6) is 0 Å². The topological polar surface area (TPSA) is 83.3 Å². The molecule has 1 fully saturated rings. The van der Waals surface area contributed by atoms with E-state index < -0.39 is 0 Å². The lowest BCUT2D eigenvalue weighted by atomic mass is 10.0. The van der Waals surface area contributed by atoms with E-state index in [1.807, 2.05) is 29.2 Å². The highest BCUT2D eigenvalue weighted by Gasteiger charge is 2.29. The van der Waals surface area contributed by atoms with E-state index in [4.69, 9.17) is 16.2 Å². The van der Waals surface area contributed by atoms with Gasteiger partial charge in [0.2, 0.25) is 5.91 Å². The van der Waals surface area contributed by atoms with Gasteiger partial charge in [-0.05, 0) is 28.5 Å². The fraction of sp³-hybridized carbons (Fsp3) is 0.267. The van der Waals surface area contributed by atoms with Crippen LogP contribution in [0.3, 0.4) is 0 Å². The number of nitrogens with one attached hydrogen (secondary N) is 2. The van der Waals surface area contributed by atoms with E-state index in [2.05, 4.69) is 20.9 Å². The Morgan fingerprint density at radius 1 is 1.39 bits per heavy atom. The minimum absolute atomic E-state index is 0.0239. The summed E-state index contributed by atoms with van der Waals surface area (Å²) in [5, 5.41) is 14.3. The second-order valence-electron chi connectivity index (χ2n) is 5.46. The van der Waals surface area contributed by atoms with E-state index in [1.54, 1.807) is 6.08 Å². The molecule has 4 rings (SSSR count). The number of allylic oxidation sites excluding steroid dienone is 2. The minimum Gasteiger partial charge on any atom is -0.321 e. The number of carbonyl (C=O) groups excluding carboxylic acids is 1. The number of hydrogen-bond acceptors (Lipinski definition) is 6. The number of amides is 1. The molecule has 2 aliphatic heterocycles. The predicted octanol–water partition coefficient (Wildman–Crippen LogP) is 1.34. The molecule has 7 nitrogen and oxygen atoms in total.